The molecule has 2 aromatic rings. The number of aryl methyl sites for hydroxylation is 1. The van der Waals surface area contributed by atoms with Gasteiger partial charge in [-0.1, -0.05) is 0 Å². The van der Waals surface area contributed by atoms with E-state index in [1.165, 1.54) is 6.33 Å². The molecule has 3 rings (SSSR count). The molecule has 16 heavy (non-hydrogen) atoms. The third kappa shape index (κ3) is 1.35. The molecule has 84 valence electrons. The Morgan fingerprint density at radius 2 is 2.25 bits per heavy atom. The first-order valence-electron chi connectivity index (χ1n) is 4.87. The standard InChI is InChI=1S/C9H10N4O2S/c10-9-8-3-6-4-16(14,15)2-1-7(6)12-13(8)5-11-9/h3,5H,1-2,4,10H2. The lowest BCUT2D eigenvalue weighted by Crippen LogP contribution is -2.21. The number of hydrogen-bond donors (Lipinski definition) is 1. The van der Waals surface area contributed by atoms with Gasteiger partial charge in [-0.15, -0.1) is 0 Å². The fourth-order valence-corrected chi connectivity index (χ4v) is 3.29. The van der Waals surface area contributed by atoms with Crippen LogP contribution in [0.1, 0.15) is 11.3 Å². The molecule has 6 nitrogen and oxygen atoms in total. The SMILES string of the molecule is Nc1ncn2nc3c(cc12)CS(=O)(=O)CC3. The average Bonchev–Trinajstić information content (AvgIpc) is 2.56. The van der Waals surface area contributed by atoms with E-state index in [2.05, 4.69) is 10.1 Å². The summed E-state index contributed by atoms with van der Waals surface area (Å²) in [5.74, 6) is 0.595. The van der Waals surface area contributed by atoms with E-state index in [4.69, 9.17) is 5.73 Å². The van der Waals surface area contributed by atoms with Gasteiger partial charge < -0.3 is 5.73 Å². The van der Waals surface area contributed by atoms with Crippen molar-refractivity contribution >= 4 is 21.2 Å². The summed E-state index contributed by atoms with van der Waals surface area (Å²) in [5.41, 5.74) is 7.88. The number of nitrogen functional groups attached to an aromatic ring is 1. The number of sulfone groups is 1. The van der Waals surface area contributed by atoms with Gasteiger partial charge in [-0.3, -0.25) is 0 Å². The minimum Gasteiger partial charge on any atom is -0.382 e. The first-order chi connectivity index (χ1) is 7.55. The number of nitrogens with zero attached hydrogens (tertiary/aromatic N) is 3. The molecule has 7 heteroatoms. The van der Waals surface area contributed by atoms with E-state index in [-0.39, 0.29) is 11.5 Å². The number of nitrogens with two attached hydrogens (primary N) is 1. The maximum absolute atomic E-state index is 11.5. The molecule has 0 bridgehead atoms. The van der Waals surface area contributed by atoms with E-state index in [0.29, 0.717) is 17.8 Å². The predicted octanol–water partition coefficient (Wildman–Crippen LogP) is -0.218. The van der Waals surface area contributed by atoms with E-state index < -0.39 is 9.84 Å². The zero-order valence-corrected chi connectivity index (χ0v) is 9.24. The molecule has 0 radical (unpaired) electrons. The first-order valence-corrected chi connectivity index (χ1v) is 6.69. The second-order valence-corrected chi connectivity index (χ2v) is 6.10. The fraction of sp³-hybridized carbons (Fsp3) is 0.333. The van der Waals surface area contributed by atoms with Crippen LogP contribution >= 0.6 is 0 Å². The molecule has 0 atom stereocenters. The van der Waals surface area contributed by atoms with Crippen molar-refractivity contribution in [1.29, 1.82) is 0 Å². The molecule has 1 aliphatic rings. The van der Waals surface area contributed by atoms with Gasteiger partial charge in [0.2, 0.25) is 0 Å². The smallest absolute Gasteiger partial charge is 0.154 e. The highest BCUT2D eigenvalue weighted by Gasteiger charge is 2.23. The highest BCUT2D eigenvalue weighted by atomic mass is 32.2. The number of hydrogen-bond acceptors (Lipinski definition) is 5. The number of aromatic nitrogens is 3. The molecule has 2 N–H and O–H groups in total. The minimum atomic E-state index is -2.97. The molecule has 0 saturated carbocycles. The number of anilines is 1. The molecule has 1 aliphatic heterocycles. The van der Waals surface area contributed by atoms with E-state index in [1.54, 1.807) is 10.6 Å². The Bertz CT molecular complexity index is 674. The third-order valence-corrected chi connectivity index (χ3v) is 4.33. The summed E-state index contributed by atoms with van der Waals surface area (Å²) in [7, 11) is -2.97. The van der Waals surface area contributed by atoms with Gasteiger partial charge >= 0.3 is 0 Å². The van der Waals surface area contributed by atoms with Crippen molar-refractivity contribution in [1.82, 2.24) is 14.6 Å². The second kappa shape index (κ2) is 2.94. The van der Waals surface area contributed by atoms with Crippen LogP contribution < -0.4 is 5.73 Å². The zero-order valence-electron chi connectivity index (χ0n) is 8.42. The maximum Gasteiger partial charge on any atom is 0.154 e. The predicted molar refractivity (Wildman–Crippen MR) is 58.6 cm³/mol. The normalized spacial score (nSPS) is 18.5. The van der Waals surface area contributed by atoms with Crippen molar-refractivity contribution in [2.75, 3.05) is 11.5 Å². The van der Waals surface area contributed by atoms with Crippen molar-refractivity contribution in [2.45, 2.75) is 12.2 Å². The monoisotopic (exact) mass is 238 g/mol. The molecule has 0 aliphatic carbocycles. The number of fused-ring (bicyclic) bond motifs is 2. The lowest BCUT2D eigenvalue weighted by atomic mass is 10.2. The summed E-state index contributed by atoms with van der Waals surface area (Å²) in [6.07, 6.45) is 2.00. The van der Waals surface area contributed by atoms with Crippen LogP contribution in [0.2, 0.25) is 0 Å². The van der Waals surface area contributed by atoms with Crippen molar-refractivity contribution < 1.29 is 8.42 Å². The largest absolute Gasteiger partial charge is 0.382 e. The summed E-state index contributed by atoms with van der Waals surface area (Å²) < 4.78 is 24.6. The van der Waals surface area contributed by atoms with Crippen LogP contribution in [-0.2, 0) is 22.0 Å². The Hall–Kier alpha value is -1.63. The topological polar surface area (TPSA) is 90.3 Å². The lowest BCUT2D eigenvalue weighted by Gasteiger charge is -2.15. The van der Waals surface area contributed by atoms with Crippen molar-refractivity contribution in [3.05, 3.63) is 23.7 Å². The molecular weight excluding hydrogens is 228 g/mol. The van der Waals surface area contributed by atoms with E-state index in [0.717, 1.165) is 11.3 Å². The van der Waals surface area contributed by atoms with Gasteiger partial charge in [0.05, 0.1) is 17.2 Å². The molecule has 0 unspecified atom stereocenters. The van der Waals surface area contributed by atoms with Crippen LogP contribution in [0, 0.1) is 0 Å². The average molecular weight is 238 g/mol. The molecule has 0 saturated heterocycles. The number of rotatable bonds is 0. The Morgan fingerprint density at radius 1 is 1.44 bits per heavy atom. The van der Waals surface area contributed by atoms with E-state index in [1.807, 2.05) is 0 Å². The highest BCUT2D eigenvalue weighted by Crippen LogP contribution is 2.22. The molecule has 0 amide bonds. The number of imidazole rings is 1. The Kier molecular flexibility index (Phi) is 1.76. The van der Waals surface area contributed by atoms with Gasteiger partial charge in [-0.05, 0) is 11.6 Å². The first kappa shape index (κ1) is 9.59. The lowest BCUT2D eigenvalue weighted by molar-refractivity contribution is 0.589. The molecular formula is C9H10N4O2S. The molecule has 3 heterocycles. The van der Waals surface area contributed by atoms with Crippen LogP contribution in [0.4, 0.5) is 5.82 Å². The van der Waals surface area contributed by atoms with Crippen molar-refractivity contribution in [3.8, 4) is 0 Å². The second-order valence-electron chi connectivity index (χ2n) is 3.92. The summed E-state index contributed by atoms with van der Waals surface area (Å²) in [4.78, 5) is 3.93. The third-order valence-electron chi connectivity index (χ3n) is 2.75. The summed E-state index contributed by atoms with van der Waals surface area (Å²) in [6.45, 7) is 0. The van der Waals surface area contributed by atoms with Crippen molar-refractivity contribution in [3.63, 3.8) is 0 Å². The Morgan fingerprint density at radius 3 is 3.06 bits per heavy atom. The zero-order chi connectivity index (χ0) is 11.3. The molecule has 0 aromatic carbocycles. The van der Waals surface area contributed by atoms with Crippen LogP contribution in [-0.4, -0.2) is 28.8 Å². The van der Waals surface area contributed by atoms with Gasteiger partial charge in [0.1, 0.15) is 11.8 Å². The van der Waals surface area contributed by atoms with Crippen molar-refractivity contribution in [2.24, 2.45) is 0 Å². The molecule has 0 spiro atoms. The fourth-order valence-electron chi connectivity index (χ4n) is 1.92. The van der Waals surface area contributed by atoms with Gasteiger partial charge in [0.25, 0.3) is 0 Å². The van der Waals surface area contributed by atoms with Crippen LogP contribution in [0.15, 0.2) is 12.4 Å². The van der Waals surface area contributed by atoms with Gasteiger partial charge in [-0.2, -0.15) is 5.10 Å². The van der Waals surface area contributed by atoms with Gasteiger partial charge in [0, 0.05) is 6.42 Å². The maximum atomic E-state index is 11.5. The Labute approximate surface area is 92.0 Å². The minimum absolute atomic E-state index is 0.0520. The van der Waals surface area contributed by atoms with Crippen LogP contribution in [0.25, 0.3) is 5.52 Å². The highest BCUT2D eigenvalue weighted by molar-refractivity contribution is 7.90. The summed E-state index contributed by atoms with van der Waals surface area (Å²) in [6, 6.07) is 1.77. The van der Waals surface area contributed by atoms with Gasteiger partial charge in [-0.25, -0.2) is 17.9 Å². The Balaban J connectivity index is 2.26. The van der Waals surface area contributed by atoms with Crippen LogP contribution in [0.3, 0.4) is 0 Å². The summed E-state index contributed by atoms with van der Waals surface area (Å²) in [5, 5.41) is 4.31. The quantitative estimate of drug-likeness (QED) is 0.685. The van der Waals surface area contributed by atoms with E-state index >= 15 is 0 Å². The van der Waals surface area contributed by atoms with Crippen LogP contribution in [0.5, 0.6) is 0 Å². The van der Waals surface area contributed by atoms with Gasteiger partial charge in [0.15, 0.2) is 15.7 Å². The molecule has 2 aromatic heterocycles. The van der Waals surface area contributed by atoms with E-state index in [9.17, 15) is 8.42 Å². The summed E-state index contributed by atoms with van der Waals surface area (Å²) >= 11 is 0. The molecule has 0 fully saturated rings.